The topological polar surface area (TPSA) is 168 Å². The fraction of sp³-hybridized carbons (Fsp3) is 0.345. The first-order valence-electron chi connectivity index (χ1n) is 13.3. The Morgan fingerprint density at radius 3 is 2.58 bits per heavy atom. The van der Waals surface area contributed by atoms with Gasteiger partial charge in [-0.2, -0.15) is 0 Å². The van der Waals surface area contributed by atoms with E-state index in [1.54, 1.807) is 39.0 Å². The lowest BCUT2D eigenvalue weighted by atomic mass is 10.0. The molecule has 2 aliphatic heterocycles. The summed E-state index contributed by atoms with van der Waals surface area (Å²) in [5.41, 5.74) is 0.520. The average Bonchev–Trinajstić information content (AvgIpc) is 3.24. The van der Waals surface area contributed by atoms with Crippen LogP contribution in [-0.2, 0) is 32.2 Å². The summed E-state index contributed by atoms with van der Waals surface area (Å²) in [5.74, 6) is -1.96. The number of anilines is 1. The highest BCUT2D eigenvalue weighted by Gasteiger charge is 2.39. The van der Waals surface area contributed by atoms with Crippen LogP contribution in [0.3, 0.4) is 0 Å². The molecule has 0 saturated carbocycles. The molecule has 4 rings (SSSR count). The van der Waals surface area contributed by atoms with E-state index in [0.29, 0.717) is 16.7 Å². The van der Waals surface area contributed by atoms with Gasteiger partial charge in [-0.3, -0.25) is 34.7 Å². The zero-order chi connectivity index (χ0) is 31.6. The number of halogens is 1. The second-order valence-corrected chi connectivity index (χ2v) is 11.6. The highest BCUT2D eigenvalue weighted by Crippen LogP contribution is 2.30. The third-order valence-corrected chi connectivity index (χ3v) is 6.92. The Labute approximate surface area is 251 Å². The summed E-state index contributed by atoms with van der Waals surface area (Å²) in [6.07, 6.45) is 0.375. The van der Waals surface area contributed by atoms with Crippen LogP contribution in [0.4, 0.5) is 16.2 Å². The van der Waals surface area contributed by atoms with Gasteiger partial charge in [-0.15, -0.1) is 0 Å². The molecule has 0 bridgehead atoms. The smallest absolute Gasteiger partial charge is 0.335 e. The van der Waals surface area contributed by atoms with Crippen LogP contribution in [0.1, 0.15) is 55.1 Å². The summed E-state index contributed by atoms with van der Waals surface area (Å²) >= 11 is 6.10. The molecule has 0 radical (unpaired) electrons. The number of carbonyl (C=O) groups excluding carboxylic acids is 5. The van der Waals surface area contributed by atoms with E-state index in [2.05, 4.69) is 17.2 Å². The molecule has 43 heavy (non-hydrogen) atoms. The van der Waals surface area contributed by atoms with Gasteiger partial charge in [-0.25, -0.2) is 9.59 Å². The van der Waals surface area contributed by atoms with Crippen molar-refractivity contribution in [3.63, 3.8) is 0 Å². The van der Waals surface area contributed by atoms with Gasteiger partial charge in [-0.1, -0.05) is 30.3 Å². The molecule has 0 aromatic heterocycles. The number of benzene rings is 2. The number of imide groups is 1. The standard InChI is InChI=1S/C29H30ClN5O8/c1-16(27(39)43-29(2,3)4)14-33(20-10-19(30)11-21(12-20)35(41)42)28(40)31-13-17-5-6-22-18(9-17)15-34(26(22)38)23-7-8-24(36)32-25(23)37/h5-6,9-12,23H,1,7-8,13-15H2,2-4H3,(H,31,40)(H,32,36,37). The highest BCUT2D eigenvalue weighted by molar-refractivity contribution is 6.31. The van der Waals surface area contributed by atoms with Crippen molar-refractivity contribution in [3.8, 4) is 0 Å². The van der Waals surface area contributed by atoms with E-state index >= 15 is 0 Å². The van der Waals surface area contributed by atoms with Crippen molar-refractivity contribution >= 4 is 52.7 Å². The number of non-ortho nitro benzene ring substituents is 1. The van der Waals surface area contributed by atoms with Gasteiger partial charge in [0.05, 0.1) is 17.2 Å². The number of hydrogen-bond acceptors (Lipinski definition) is 8. The SMILES string of the molecule is C=C(CN(C(=O)NCc1ccc2c(c1)CN(C1CCC(=O)NC1=O)C2=O)c1cc(Cl)cc([N+](=O)[O-])c1)C(=O)OC(C)(C)C. The Morgan fingerprint density at radius 1 is 1.21 bits per heavy atom. The van der Waals surface area contributed by atoms with Crippen molar-refractivity contribution in [2.24, 2.45) is 0 Å². The summed E-state index contributed by atoms with van der Waals surface area (Å²) < 4.78 is 5.34. The first-order chi connectivity index (χ1) is 20.1. The van der Waals surface area contributed by atoms with Gasteiger partial charge >= 0.3 is 12.0 Å². The van der Waals surface area contributed by atoms with Crippen molar-refractivity contribution in [1.29, 1.82) is 0 Å². The molecule has 2 aromatic carbocycles. The molecule has 1 unspecified atom stereocenters. The normalized spacial score (nSPS) is 16.3. The number of fused-ring (bicyclic) bond motifs is 1. The minimum Gasteiger partial charge on any atom is -0.457 e. The fourth-order valence-electron chi connectivity index (χ4n) is 4.72. The quantitative estimate of drug-likeness (QED) is 0.150. The van der Waals surface area contributed by atoms with Crippen LogP contribution in [0.2, 0.25) is 5.02 Å². The molecule has 2 aromatic rings. The number of esters is 1. The number of amides is 5. The van der Waals surface area contributed by atoms with Gasteiger partial charge in [0, 0.05) is 47.8 Å². The number of nitro benzene ring substituents is 1. The molecule has 1 saturated heterocycles. The fourth-order valence-corrected chi connectivity index (χ4v) is 4.94. The maximum absolute atomic E-state index is 13.4. The van der Waals surface area contributed by atoms with Crippen LogP contribution < -0.4 is 15.5 Å². The van der Waals surface area contributed by atoms with Crippen LogP contribution in [0.15, 0.2) is 48.6 Å². The van der Waals surface area contributed by atoms with E-state index in [4.69, 9.17) is 16.3 Å². The van der Waals surface area contributed by atoms with Gasteiger partial charge < -0.3 is 15.0 Å². The molecule has 13 nitrogen and oxygen atoms in total. The van der Waals surface area contributed by atoms with Crippen molar-refractivity contribution < 1.29 is 33.6 Å². The largest absolute Gasteiger partial charge is 0.457 e. The summed E-state index contributed by atoms with van der Waals surface area (Å²) in [4.78, 5) is 76.1. The van der Waals surface area contributed by atoms with Crippen LogP contribution in [0.25, 0.3) is 0 Å². The summed E-state index contributed by atoms with van der Waals surface area (Å²) in [7, 11) is 0. The summed E-state index contributed by atoms with van der Waals surface area (Å²) in [6.45, 7) is 8.58. The van der Waals surface area contributed by atoms with Crippen molar-refractivity contribution in [2.75, 3.05) is 11.4 Å². The Hall–Kier alpha value is -4.78. The van der Waals surface area contributed by atoms with Gasteiger partial charge in [-0.05, 0) is 50.5 Å². The van der Waals surface area contributed by atoms with Crippen molar-refractivity contribution in [3.05, 3.63) is 80.4 Å². The number of hydrogen-bond donors (Lipinski definition) is 2. The van der Waals surface area contributed by atoms with E-state index in [1.165, 1.54) is 11.0 Å². The molecular formula is C29H30ClN5O8. The van der Waals surface area contributed by atoms with Crippen LogP contribution in [-0.4, -0.2) is 57.7 Å². The molecule has 0 spiro atoms. The lowest BCUT2D eigenvalue weighted by Gasteiger charge is -2.29. The van der Waals surface area contributed by atoms with Crippen molar-refractivity contribution in [1.82, 2.24) is 15.5 Å². The molecular weight excluding hydrogens is 582 g/mol. The zero-order valence-electron chi connectivity index (χ0n) is 23.8. The minimum absolute atomic E-state index is 0.00318. The maximum Gasteiger partial charge on any atom is 0.335 e. The Bertz CT molecular complexity index is 1550. The molecule has 14 heteroatoms. The molecule has 1 atom stereocenters. The molecule has 2 N–H and O–H groups in total. The van der Waals surface area contributed by atoms with Gasteiger partial charge in [0.15, 0.2) is 0 Å². The predicted octanol–water partition coefficient (Wildman–Crippen LogP) is 3.62. The average molecular weight is 612 g/mol. The third kappa shape index (κ3) is 7.36. The Morgan fingerprint density at radius 2 is 1.93 bits per heavy atom. The first-order valence-corrected chi connectivity index (χ1v) is 13.7. The number of rotatable bonds is 8. The van der Waals surface area contributed by atoms with Crippen molar-refractivity contribution in [2.45, 2.75) is 58.3 Å². The first kappa shape index (κ1) is 31.2. The van der Waals surface area contributed by atoms with Crippen LogP contribution >= 0.6 is 11.6 Å². The van der Waals surface area contributed by atoms with Gasteiger partial charge in [0.25, 0.3) is 11.6 Å². The Balaban J connectivity index is 1.51. The number of nitrogens with one attached hydrogen (secondary N) is 2. The van der Waals surface area contributed by atoms with E-state index in [0.717, 1.165) is 17.0 Å². The number of piperidine rings is 1. The lowest BCUT2D eigenvalue weighted by molar-refractivity contribution is -0.384. The number of nitrogens with zero attached hydrogens (tertiary/aromatic N) is 3. The van der Waals surface area contributed by atoms with Crippen LogP contribution in [0.5, 0.6) is 0 Å². The lowest BCUT2D eigenvalue weighted by Crippen LogP contribution is -2.52. The second kappa shape index (κ2) is 12.2. The molecule has 1 fully saturated rings. The van der Waals surface area contributed by atoms with Gasteiger partial charge in [0.2, 0.25) is 11.8 Å². The number of nitro groups is 1. The monoisotopic (exact) mass is 611 g/mol. The summed E-state index contributed by atoms with van der Waals surface area (Å²) in [6, 6.07) is 7.16. The maximum atomic E-state index is 13.4. The molecule has 0 aliphatic carbocycles. The molecule has 226 valence electrons. The summed E-state index contributed by atoms with van der Waals surface area (Å²) in [5, 5.41) is 16.4. The molecule has 2 heterocycles. The second-order valence-electron chi connectivity index (χ2n) is 11.2. The van der Waals surface area contributed by atoms with Crippen LogP contribution in [0, 0.1) is 10.1 Å². The molecule has 2 aliphatic rings. The number of ether oxygens (including phenoxy) is 1. The minimum atomic E-state index is -0.815. The number of urea groups is 1. The predicted molar refractivity (Wildman–Crippen MR) is 155 cm³/mol. The van der Waals surface area contributed by atoms with E-state index in [9.17, 15) is 34.1 Å². The van der Waals surface area contributed by atoms with E-state index in [-0.39, 0.29) is 66.3 Å². The van der Waals surface area contributed by atoms with E-state index < -0.39 is 34.5 Å². The zero-order valence-corrected chi connectivity index (χ0v) is 24.5. The molecule has 5 amide bonds. The van der Waals surface area contributed by atoms with Gasteiger partial charge in [0.1, 0.15) is 11.6 Å². The van der Waals surface area contributed by atoms with E-state index in [1.807, 2.05) is 0 Å². The number of carbonyl (C=O) groups is 5. The Kier molecular flexibility index (Phi) is 8.85. The highest BCUT2D eigenvalue weighted by atomic mass is 35.5. The third-order valence-electron chi connectivity index (χ3n) is 6.70.